The minimum atomic E-state index is -1.32. The highest BCUT2D eigenvalue weighted by Crippen LogP contribution is 2.18. The Morgan fingerprint density at radius 2 is 1.93 bits per heavy atom. The summed E-state index contributed by atoms with van der Waals surface area (Å²) in [5.41, 5.74) is 5.70. The van der Waals surface area contributed by atoms with Crippen LogP contribution in [0.3, 0.4) is 0 Å². The van der Waals surface area contributed by atoms with Gasteiger partial charge in [0.1, 0.15) is 18.1 Å². The van der Waals surface area contributed by atoms with Crippen molar-refractivity contribution in [3.63, 3.8) is 0 Å². The number of carboxylic acids is 1. The molecule has 1 rings (SSSR count). The van der Waals surface area contributed by atoms with E-state index in [0.717, 1.165) is 0 Å². The van der Waals surface area contributed by atoms with Crippen LogP contribution in [0.15, 0.2) is 0 Å². The van der Waals surface area contributed by atoms with Crippen LogP contribution in [-0.4, -0.2) is 81.9 Å². The van der Waals surface area contributed by atoms with Gasteiger partial charge in [-0.3, -0.25) is 14.4 Å². The Morgan fingerprint density at radius 3 is 2.43 bits per heavy atom. The molecule has 0 aromatic heterocycles. The second-order valence-corrected chi connectivity index (χ2v) is 7.30. The summed E-state index contributed by atoms with van der Waals surface area (Å²) >= 11 is 3.99. The van der Waals surface area contributed by atoms with Crippen molar-refractivity contribution in [2.75, 3.05) is 18.9 Å². The molecule has 28 heavy (non-hydrogen) atoms. The molecule has 0 bridgehead atoms. The molecule has 0 spiro atoms. The van der Waals surface area contributed by atoms with Crippen LogP contribution in [0.25, 0.3) is 0 Å². The number of aliphatic carboxylic acids is 1. The van der Waals surface area contributed by atoms with E-state index in [1.165, 1.54) is 4.90 Å². The molecule has 10 nitrogen and oxygen atoms in total. The predicted molar refractivity (Wildman–Crippen MR) is 105 cm³/mol. The lowest BCUT2D eigenvalue weighted by Crippen LogP contribution is -2.58. The highest BCUT2D eigenvalue weighted by Gasteiger charge is 2.37. The summed E-state index contributed by atoms with van der Waals surface area (Å²) < 4.78 is 0. The minimum Gasteiger partial charge on any atom is -0.480 e. The number of carbonyl (C=O) groups excluding carboxylic acids is 3. The van der Waals surface area contributed by atoms with Crippen LogP contribution in [0.2, 0.25) is 0 Å². The zero-order chi connectivity index (χ0) is 21.4. The number of likely N-dealkylation sites (tertiary alicyclic amines) is 1. The molecule has 6 N–H and O–H groups in total. The summed E-state index contributed by atoms with van der Waals surface area (Å²) in [5.74, 6) is -3.19. The topological polar surface area (TPSA) is 162 Å². The standard InChI is InChI=1S/C17H30N4O6S/c1-3-9(2)13(17(26)27)20-14(23)11(7-22)19-15(24)12-5-4-6-21(12)16(25)10(18)8-28/h9-13,22,28H,3-8,18H2,1-2H3,(H,19,24)(H,20,23)(H,26,27). The fraction of sp³-hybridized carbons (Fsp3) is 0.765. The van der Waals surface area contributed by atoms with Gasteiger partial charge in [-0.05, 0) is 18.8 Å². The molecule has 1 fully saturated rings. The number of nitrogens with zero attached hydrogens (tertiary/aromatic N) is 1. The summed E-state index contributed by atoms with van der Waals surface area (Å²) in [5, 5.41) is 23.5. The van der Waals surface area contributed by atoms with Gasteiger partial charge in [-0.15, -0.1) is 0 Å². The molecule has 1 heterocycles. The number of hydrogen-bond donors (Lipinski definition) is 6. The maximum atomic E-state index is 12.6. The van der Waals surface area contributed by atoms with Crippen molar-refractivity contribution in [3.05, 3.63) is 0 Å². The summed E-state index contributed by atoms with van der Waals surface area (Å²) in [4.78, 5) is 49.9. The number of amides is 3. The molecule has 0 saturated carbocycles. The van der Waals surface area contributed by atoms with Gasteiger partial charge in [-0.25, -0.2) is 4.79 Å². The molecule has 0 aromatic carbocycles. The summed E-state index contributed by atoms with van der Waals surface area (Å²) in [7, 11) is 0. The van der Waals surface area contributed by atoms with Crippen molar-refractivity contribution in [1.29, 1.82) is 0 Å². The van der Waals surface area contributed by atoms with E-state index in [-0.39, 0.29) is 11.7 Å². The van der Waals surface area contributed by atoms with Crippen LogP contribution in [0, 0.1) is 5.92 Å². The lowest BCUT2D eigenvalue weighted by molar-refractivity contribution is -0.144. The first-order valence-electron chi connectivity index (χ1n) is 9.29. The molecule has 0 radical (unpaired) electrons. The molecule has 1 aliphatic heterocycles. The van der Waals surface area contributed by atoms with E-state index < -0.39 is 54.5 Å². The Kier molecular flexibility index (Phi) is 9.70. The van der Waals surface area contributed by atoms with Gasteiger partial charge >= 0.3 is 5.97 Å². The maximum absolute atomic E-state index is 12.6. The Hall–Kier alpha value is -1.85. The fourth-order valence-electron chi connectivity index (χ4n) is 2.99. The molecule has 11 heteroatoms. The average molecular weight is 419 g/mol. The van der Waals surface area contributed by atoms with Crippen LogP contribution < -0.4 is 16.4 Å². The maximum Gasteiger partial charge on any atom is 0.326 e. The summed E-state index contributed by atoms with van der Waals surface area (Å²) in [6, 6.07) is -4.10. The van der Waals surface area contributed by atoms with Crippen LogP contribution in [0.4, 0.5) is 0 Å². The summed E-state index contributed by atoms with van der Waals surface area (Å²) in [6.07, 6.45) is 1.54. The second-order valence-electron chi connectivity index (χ2n) is 6.93. The van der Waals surface area contributed by atoms with E-state index >= 15 is 0 Å². The first kappa shape index (κ1) is 24.2. The molecule has 0 aromatic rings. The van der Waals surface area contributed by atoms with Crippen LogP contribution in [0.5, 0.6) is 0 Å². The number of nitrogens with two attached hydrogens (primary N) is 1. The Bertz CT molecular complexity index is 590. The highest BCUT2D eigenvalue weighted by molar-refractivity contribution is 7.80. The monoisotopic (exact) mass is 418 g/mol. The molecule has 160 valence electrons. The Morgan fingerprint density at radius 1 is 1.29 bits per heavy atom. The zero-order valence-electron chi connectivity index (χ0n) is 16.1. The zero-order valence-corrected chi connectivity index (χ0v) is 17.0. The molecular formula is C17H30N4O6S. The predicted octanol–water partition coefficient (Wildman–Crippen LogP) is -1.67. The number of aliphatic hydroxyl groups is 1. The minimum absolute atomic E-state index is 0.136. The summed E-state index contributed by atoms with van der Waals surface area (Å²) in [6.45, 7) is 3.13. The van der Waals surface area contributed by atoms with Crippen molar-refractivity contribution in [1.82, 2.24) is 15.5 Å². The third kappa shape index (κ3) is 6.08. The van der Waals surface area contributed by atoms with E-state index in [0.29, 0.717) is 25.8 Å². The van der Waals surface area contributed by atoms with Gasteiger partial charge in [0.05, 0.1) is 12.6 Å². The number of carbonyl (C=O) groups is 4. The third-order valence-electron chi connectivity index (χ3n) is 4.94. The van der Waals surface area contributed by atoms with Crippen molar-refractivity contribution in [3.8, 4) is 0 Å². The normalized spacial score (nSPS) is 20.8. The van der Waals surface area contributed by atoms with Crippen molar-refractivity contribution >= 4 is 36.3 Å². The molecule has 3 amide bonds. The molecule has 1 saturated heterocycles. The number of nitrogens with one attached hydrogen (secondary N) is 2. The molecule has 1 aliphatic rings. The van der Waals surface area contributed by atoms with Gasteiger partial charge in [0.25, 0.3) is 0 Å². The largest absolute Gasteiger partial charge is 0.480 e. The first-order valence-corrected chi connectivity index (χ1v) is 9.92. The fourth-order valence-corrected chi connectivity index (χ4v) is 3.15. The van der Waals surface area contributed by atoms with Crippen molar-refractivity contribution in [2.24, 2.45) is 11.7 Å². The smallest absolute Gasteiger partial charge is 0.326 e. The average Bonchev–Trinajstić information content (AvgIpc) is 3.17. The lowest BCUT2D eigenvalue weighted by atomic mass is 9.99. The lowest BCUT2D eigenvalue weighted by Gasteiger charge is -2.28. The number of rotatable bonds is 10. The van der Waals surface area contributed by atoms with Crippen LogP contribution >= 0.6 is 12.6 Å². The number of carboxylic acid groups (broad SMARTS) is 1. The van der Waals surface area contributed by atoms with E-state index in [4.69, 9.17) is 5.73 Å². The molecule has 5 atom stereocenters. The quantitative estimate of drug-likeness (QED) is 0.231. The van der Waals surface area contributed by atoms with Crippen molar-refractivity contribution < 1.29 is 29.4 Å². The number of aliphatic hydroxyl groups excluding tert-OH is 1. The van der Waals surface area contributed by atoms with E-state index in [2.05, 4.69) is 23.3 Å². The third-order valence-corrected chi connectivity index (χ3v) is 5.34. The van der Waals surface area contributed by atoms with Crippen LogP contribution in [-0.2, 0) is 19.2 Å². The van der Waals surface area contributed by atoms with Gasteiger partial charge in [0.15, 0.2) is 0 Å². The van der Waals surface area contributed by atoms with Gasteiger partial charge < -0.3 is 31.5 Å². The van der Waals surface area contributed by atoms with Gasteiger partial charge in [0, 0.05) is 12.3 Å². The van der Waals surface area contributed by atoms with E-state index in [1.807, 2.05) is 0 Å². The van der Waals surface area contributed by atoms with Gasteiger partial charge in [-0.2, -0.15) is 12.6 Å². The Balaban J connectivity index is 2.80. The molecular weight excluding hydrogens is 388 g/mol. The van der Waals surface area contributed by atoms with Gasteiger partial charge in [-0.1, -0.05) is 20.3 Å². The van der Waals surface area contributed by atoms with Crippen LogP contribution in [0.1, 0.15) is 33.1 Å². The molecule has 0 aliphatic carbocycles. The second kappa shape index (κ2) is 11.2. The van der Waals surface area contributed by atoms with Crippen molar-refractivity contribution in [2.45, 2.75) is 57.3 Å². The van der Waals surface area contributed by atoms with Gasteiger partial charge in [0.2, 0.25) is 17.7 Å². The number of thiol groups is 1. The SMILES string of the molecule is CCC(C)C(NC(=O)C(CO)NC(=O)C1CCCN1C(=O)C(N)CS)C(=O)O. The van der Waals surface area contributed by atoms with E-state index in [1.54, 1.807) is 13.8 Å². The number of hydrogen-bond acceptors (Lipinski definition) is 7. The Labute approximate surface area is 169 Å². The first-order chi connectivity index (χ1) is 13.2. The van der Waals surface area contributed by atoms with E-state index in [9.17, 15) is 29.4 Å². The highest BCUT2D eigenvalue weighted by atomic mass is 32.1. The molecule has 5 unspecified atom stereocenters.